The van der Waals surface area contributed by atoms with Crippen LogP contribution < -0.4 is 0 Å². The van der Waals surface area contributed by atoms with Crippen LogP contribution in [0.1, 0.15) is 18.4 Å². The molecule has 1 aliphatic carbocycles. The summed E-state index contributed by atoms with van der Waals surface area (Å²) in [5, 5.41) is 8.86. The highest BCUT2D eigenvalue weighted by Gasteiger charge is 2.06. The zero-order valence-corrected chi connectivity index (χ0v) is 9.79. The molecule has 0 atom stereocenters. The Labute approximate surface area is 97.9 Å². The lowest BCUT2D eigenvalue weighted by Crippen LogP contribution is -1.90. The van der Waals surface area contributed by atoms with E-state index in [9.17, 15) is 0 Å². The third-order valence-electron chi connectivity index (χ3n) is 2.41. The second kappa shape index (κ2) is 4.46. The fraction of sp³-hybridized carbons (Fsp3) is 0.154. The molecule has 0 N–H and O–H groups in total. The van der Waals surface area contributed by atoms with Gasteiger partial charge >= 0.3 is 0 Å². The van der Waals surface area contributed by atoms with Gasteiger partial charge in [-0.05, 0) is 42.2 Å². The van der Waals surface area contributed by atoms with E-state index in [1.54, 1.807) is 0 Å². The predicted octanol–water partition coefficient (Wildman–Crippen LogP) is 4.08. The van der Waals surface area contributed by atoms with Crippen LogP contribution in [-0.2, 0) is 0 Å². The highest BCUT2D eigenvalue weighted by Crippen LogP contribution is 2.26. The van der Waals surface area contributed by atoms with E-state index in [2.05, 4.69) is 40.2 Å². The number of benzene rings is 1. The van der Waals surface area contributed by atoms with Crippen molar-refractivity contribution >= 4 is 21.5 Å². The van der Waals surface area contributed by atoms with Gasteiger partial charge in [0, 0.05) is 10.0 Å². The first-order valence-electron chi connectivity index (χ1n) is 4.86. The number of allylic oxidation sites excluding steroid dienone is 4. The molecule has 0 aliphatic heterocycles. The molecule has 0 amide bonds. The van der Waals surface area contributed by atoms with Gasteiger partial charge < -0.3 is 0 Å². The average Bonchev–Trinajstić information content (AvgIpc) is 2.29. The summed E-state index contributed by atoms with van der Waals surface area (Å²) in [7, 11) is 0. The zero-order chi connectivity index (χ0) is 10.7. The summed E-state index contributed by atoms with van der Waals surface area (Å²) in [6, 6.07) is 10.4. The van der Waals surface area contributed by atoms with E-state index in [0.717, 1.165) is 34.0 Å². The standard InChI is InChI=1S/C13H10BrN/c14-13-6-2-5-12(8-13)11-4-1-3-10(7-11)9-15/h2,4-8H,1,3H2. The van der Waals surface area contributed by atoms with E-state index in [4.69, 9.17) is 5.26 Å². The molecule has 0 aromatic heterocycles. The summed E-state index contributed by atoms with van der Waals surface area (Å²) in [5.41, 5.74) is 3.18. The number of rotatable bonds is 1. The fourth-order valence-corrected chi connectivity index (χ4v) is 2.06. The van der Waals surface area contributed by atoms with E-state index in [1.165, 1.54) is 0 Å². The minimum atomic E-state index is 0.868. The van der Waals surface area contributed by atoms with Crippen LogP contribution in [0.4, 0.5) is 0 Å². The molecular weight excluding hydrogens is 250 g/mol. The van der Waals surface area contributed by atoms with E-state index < -0.39 is 0 Å². The van der Waals surface area contributed by atoms with E-state index in [1.807, 2.05) is 18.2 Å². The van der Waals surface area contributed by atoms with E-state index in [0.29, 0.717) is 0 Å². The predicted molar refractivity (Wildman–Crippen MR) is 65.0 cm³/mol. The molecule has 0 radical (unpaired) electrons. The monoisotopic (exact) mass is 259 g/mol. The Balaban J connectivity index is 2.37. The number of nitrogens with zero attached hydrogens (tertiary/aromatic N) is 1. The lowest BCUT2D eigenvalue weighted by Gasteiger charge is -2.09. The minimum Gasteiger partial charge on any atom is -0.193 e. The van der Waals surface area contributed by atoms with Gasteiger partial charge in [-0.15, -0.1) is 0 Å². The normalized spacial score (nSPS) is 15.2. The van der Waals surface area contributed by atoms with Crippen molar-refractivity contribution in [1.82, 2.24) is 0 Å². The summed E-state index contributed by atoms with van der Waals surface area (Å²) in [6.07, 6.45) is 5.99. The maximum atomic E-state index is 8.86. The number of hydrogen-bond acceptors (Lipinski definition) is 1. The zero-order valence-electron chi connectivity index (χ0n) is 8.20. The summed E-state index contributed by atoms with van der Waals surface area (Å²) in [6.45, 7) is 0. The van der Waals surface area contributed by atoms with Crippen molar-refractivity contribution in [2.45, 2.75) is 12.8 Å². The average molecular weight is 260 g/mol. The molecule has 1 aromatic rings. The highest BCUT2D eigenvalue weighted by atomic mass is 79.9. The first-order valence-corrected chi connectivity index (χ1v) is 5.65. The number of halogens is 1. The second-order valence-electron chi connectivity index (χ2n) is 3.49. The van der Waals surface area contributed by atoms with Crippen LogP contribution in [0, 0.1) is 11.3 Å². The van der Waals surface area contributed by atoms with Crippen LogP contribution in [-0.4, -0.2) is 0 Å². The molecule has 0 unspecified atom stereocenters. The smallest absolute Gasteiger partial charge is 0.0947 e. The molecule has 0 fully saturated rings. The molecular formula is C13H10BrN. The summed E-state index contributed by atoms with van der Waals surface area (Å²) in [4.78, 5) is 0. The molecule has 1 aliphatic rings. The molecule has 74 valence electrons. The number of hydrogen-bond donors (Lipinski definition) is 0. The van der Waals surface area contributed by atoms with Crippen LogP contribution in [0.3, 0.4) is 0 Å². The first kappa shape index (κ1) is 10.2. The highest BCUT2D eigenvalue weighted by molar-refractivity contribution is 9.10. The van der Waals surface area contributed by atoms with Crippen molar-refractivity contribution < 1.29 is 0 Å². The Morgan fingerprint density at radius 2 is 2.20 bits per heavy atom. The van der Waals surface area contributed by atoms with Gasteiger partial charge in [0.15, 0.2) is 0 Å². The van der Waals surface area contributed by atoms with Gasteiger partial charge in [-0.25, -0.2) is 0 Å². The fourth-order valence-electron chi connectivity index (χ4n) is 1.66. The lowest BCUT2D eigenvalue weighted by molar-refractivity contribution is 0.998. The third kappa shape index (κ3) is 2.37. The van der Waals surface area contributed by atoms with Crippen LogP contribution in [0.25, 0.3) is 5.57 Å². The molecule has 15 heavy (non-hydrogen) atoms. The Kier molecular flexibility index (Phi) is 3.03. The van der Waals surface area contributed by atoms with Crippen LogP contribution >= 0.6 is 15.9 Å². The molecule has 0 heterocycles. The van der Waals surface area contributed by atoms with Crippen molar-refractivity contribution in [2.75, 3.05) is 0 Å². The Morgan fingerprint density at radius 3 is 2.93 bits per heavy atom. The van der Waals surface area contributed by atoms with Crippen LogP contribution in [0.15, 0.2) is 46.5 Å². The third-order valence-corrected chi connectivity index (χ3v) is 2.90. The van der Waals surface area contributed by atoms with Gasteiger partial charge in [0.2, 0.25) is 0 Å². The van der Waals surface area contributed by atoms with Crippen molar-refractivity contribution in [2.24, 2.45) is 0 Å². The summed E-state index contributed by atoms with van der Waals surface area (Å²) in [5.74, 6) is 0. The molecule has 1 nitrogen and oxygen atoms in total. The van der Waals surface area contributed by atoms with Gasteiger partial charge in [0.25, 0.3) is 0 Å². The van der Waals surface area contributed by atoms with Crippen molar-refractivity contribution in [3.63, 3.8) is 0 Å². The lowest BCUT2D eigenvalue weighted by atomic mass is 9.95. The largest absolute Gasteiger partial charge is 0.193 e. The van der Waals surface area contributed by atoms with Crippen molar-refractivity contribution in [3.05, 3.63) is 52.0 Å². The van der Waals surface area contributed by atoms with Gasteiger partial charge in [-0.3, -0.25) is 0 Å². The molecule has 2 rings (SSSR count). The molecule has 0 spiro atoms. The molecule has 0 bridgehead atoms. The van der Waals surface area contributed by atoms with Crippen LogP contribution in [0.5, 0.6) is 0 Å². The Bertz CT molecular complexity index is 478. The molecule has 0 saturated carbocycles. The topological polar surface area (TPSA) is 23.8 Å². The second-order valence-corrected chi connectivity index (χ2v) is 4.41. The maximum absolute atomic E-state index is 8.86. The maximum Gasteiger partial charge on any atom is 0.0947 e. The van der Waals surface area contributed by atoms with Gasteiger partial charge in [0.1, 0.15) is 0 Å². The van der Waals surface area contributed by atoms with Gasteiger partial charge in [0.05, 0.1) is 6.07 Å². The van der Waals surface area contributed by atoms with Crippen LogP contribution in [0.2, 0.25) is 0 Å². The SMILES string of the molecule is N#CC1=CC(c2cccc(Br)c2)=CCC1. The van der Waals surface area contributed by atoms with E-state index in [-0.39, 0.29) is 0 Å². The number of nitriles is 1. The van der Waals surface area contributed by atoms with Crippen molar-refractivity contribution in [1.29, 1.82) is 5.26 Å². The molecule has 2 heteroatoms. The van der Waals surface area contributed by atoms with Gasteiger partial charge in [-0.2, -0.15) is 5.26 Å². The Hall–Kier alpha value is -1.33. The van der Waals surface area contributed by atoms with E-state index >= 15 is 0 Å². The summed E-state index contributed by atoms with van der Waals surface area (Å²) < 4.78 is 1.07. The molecule has 1 aromatic carbocycles. The quantitative estimate of drug-likeness (QED) is 0.746. The molecule has 0 saturated heterocycles. The van der Waals surface area contributed by atoms with Crippen molar-refractivity contribution in [3.8, 4) is 6.07 Å². The summed E-state index contributed by atoms with van der Waals surface area (Å²) >= 11 is 3.45. The first-order chi connectivity index (χ1) is 7.29. The minimum absolute atomic E-state index is 0.868. The van der Waals surface area contributed by atoms with Gasteiger partial charge in [-0.1, -0.05) is 34.1 Å². The Morgan fingerprint density at radius 1 is 1.33 bits per heavy atom.